The fourth-order valence-electron chi connectivity index (χ4n) is 4.04. The molecule has 0 aliphatic heterocycles. The van der Waals surface area contributed by atoms with Crippen LogP contribution in [-0.2, 0) is 0 Å². The number of halogens is 1. The molecule has 33 heavy (non-hydrogen) atoms. The van der Waals surface area contributed by atoms with Crippen molar-refractivity contribution in [2.45, 2.75) is 13.8 Å². The van der Waals surface area contributed by atoms with Gasteiger partial charge in [0, 0.05) is 27.5 Å². The van der Waals surface area contributed by atoms with Crippen molar-refractivity contribution in [1.29, 1.82) is 0 Å². The monoisotopic (exact) mass is 452 g/mol. The zero-order valence-corrected chi connectivity index (χ0v) is 19.0. The highest BCUT2D eigenvalue weighted by molar-refractivity contribution is 6.35. The number of carbonyl (C=O) groups excluding carboxylic acids is 2. The van der Waals surface area contributed by atoms with Gasteiger partial charge in [-0.25, -0.2) is 0 Å². The van der Waals surface area contributed by atoms with E-state index in [1.807, 2.05) is 74.5 Å². The molecule has 0 atom stereocenters. The average molecular weight is 453 g/mol. The number of aryl methyl sites for hydroxylation is 2. The van der Waals surface area contributed by atoms with E-state index in [1.54, 1.807) is 18.2 Å². The van der Waals surface area contributed by atoms with Gasteiger partial charge >= 0.3 is 0 Å². The Morgan fingerprint density at radius 2 is 1.03 bits per heavy atom. The molecule has 0 spiro atoms. The van der Waals surface area contributed by atoms with Crippen molar-refractivity contribution >= 4 is 45.9 Å². The summed E-state index contributed by atoms with van der Waals surface area (Å²) in [7, 11) is 0. The van der Waals surface area contributed by atoms with Gasteiger partial charge in [0.2, 0.25) is 0 Å². The Bertz CT molecular complexity index is 1410. The summed E-state index contributed by atoms with van der Waals surface area (Å²) in [6, 6.07) is 24.2. The molecule has 2 N–H and O–H groups in total. The van der Waals surface area contributed by atoms with Crippen LogP contribution in [-0.4, -0.2) is 11.6 Å². The van der Waals surface area contributed by atoms with Crippen molar-refractivity contribution in [3.8, 4) is 0 Å². The van der Waals surface area contributed by atoms with Crippen LogP contribution in [0.1, 0.15) is 43.0 Å². The van der Waals surface area contributed by atoms with E-state index in [0.717, 1.165) is 22.5 Å². The highest BCUT2D eigenvalue weighted by Gasteiger charge is 2.34. The van der Waals surface area contributed by atoms with E-state index in [2.05, 4.69) is 10.6 Å². The van der Waals surface area contributed by atoms with Gasteiger partial charge in [0.15, 0.2) is 11.6 Å². The van der Waals surface area contributed by atoms with Crippen molar-refractivity contribution in [3.05, 3.63) is 117 Å². The predicted octanol–water partition coefficient (Wildman–Crippen LogP) is 7.22. The molecule has 0 saturated carbocycles. The van der Waals surface area contributed by atoms with Gasteiger partial charge in [-0.05, 0) is 68.4 Å². The molecule has 162 valence electrons. The van der Waals surface area contributed by atoms with E-state index in [-0.39, 0.29) is 11.6 Å². The van der Waals surface area contributed by atoms with E-state index in [9.17, 15) is 9.59 Å². The van der Waals surface area contributed by atoms with E-state index in [0.29, 0.717) is 38.7 Å². The lowest BCUT2D eigenvalue weighted by molar-refractivity contribution is 0.0980. The second-order valence-corrected chi connectivity index (χ2v) is 8.68. The summed E-state index contributed by atoms with van der Waals surface area (Å²) in [5.41, 5.74) is 6.47. The number of carbonyl (C=O) groups is 2. The van der Waals surface area contributed by atoms with Gasteiger partial charge in [-0.3, -0.25) is 9.59 Å². The molecule has 4 aromatic rings. The summed E-state index contributed by atoms with van der Waals surface area (Å²) in [5.74, 6) is -0.442. The second-order valence-electron chi connectivity index (χ2n) is 8.24. The van der Waals surface area contributed by atoms with Crippen molar-refractivity contribution in [3.63, 3.8) is 0 Å². The molecule has 0 heterocycles. The Morgan fingerprint density at radius 1 is 0.576 bits per heavy atom. The zero-order chi connectivity index (χ0) is 23.1. The molecule has 1 aliphatic carbocycles. The van der Waals surface area contributed by atoms with E-state index < -0.39 is 0 Å². The van der Waals surface area contributed by atoms with Crippen LogP contribution >= 0.6 is 11.6 Å². The standard InChI is InChI=1S/C28H21ClN2O2/c1-16-3-8-19(9-4-16)30-23-13-14-24(31-20-10-5-17(2)6-11-20)26-25(23)27(32)21-12-7-18(29)15-22(21)28(26)33/h3-15,30-31H,1-2H3. The van der Waals surface area contributed by atoms with E-state index in [4.69, 9.17) is 11.6 Å². The van der Waals surface area contributed by atoms with Gasteiger partial charge in [-0.2, -0.15) is 0 Å². The van der Waals surface area contributed by atoms with Crippen LogP contribution in [0.4, 0.5) is 22.7 Å². The first kappa shape index (κ1) is 21.0. The number of rotatable bonds is 4. The maximum absolute atomic E-state index is 13.6. The fourth-order valence-corrected chi connectivity index (χ4v) is 4.21. The lowest BCUT2D eigenvalue weighted by Crippen LogP contribution is -2.23. The van der Waals surface area contributed by atoms with Crippen LogP contribution in [0.5, 0.6) is 0 Å². The molecular weight excluding hydrogens is 432 g/mol. The summed E-state index contributed by atoms with van der Waals surface area (Å²) in [6.07, 6.45) is 0. The molecule has 0 radical (unpaired) electrons. The average Bonchev–Trinajstić information content (AvgIpc) is 2.81. The van der Waals surface area contributed by atoms with Crippen molar-refractivity contribution in [2.24, 2.45) is 0 Å². The maximum Gasteiger partial charge on any atom is 0.196 e. The highest BCUT2D eigenvalue weighted by Crippen LogP contribution is 2.39. The summed E-state index contributed by atoms with van der Waals surface area (Å²) >= 11 is 6.16. The molecule has 0 unspecified atom stereocenters. The van der Waals surface area contributed by atoms with Crippen LogP contribution in [0.3, 0.4) is 0 Å². The third-order valence-electron chi connectivity index (χ3n) is 5.79. The third kappa shape index (κ3) is 3.90. The van der Waals surface area contributed by atoms with Crippen LogP contribution < -0.4 is 10.6 Å². The molecule has 4 nitrogen and oxygen atoms in total. The quantitative estimate of drug-likeness (QED) is 0.302. The highest BCUT2D eigenvalue weighted by atomic mass is 35.5. The van der Waals surface area contributed by atoms with Crippen LogP contribution in [0.2, 0.25) is 5.02 Å². The number of fused-ring (bicyclic) bond motifs is 2. The number of ketones is 2. The van der Waals surface area contributed by atoms with Crippen molar-refractivity contribution in [2.75, 3.05) is 10.6 Å². The predicted molar refractivity (Wildman–Crippen MR) is 134 cm³/mol. The smallest absolute Gasteiger partial charge is 0.196 e. The minimum absolute atomic E-state index is 0.210. The third-order valence-corrected chi connectivity index (χ3v) is 6.03. The van der Waals surface area contributed by atoms with Gasteiger partial charge < -0.3 is 10.6 Å². The summed E-state index contributed by atoms with van der Waals surface area (Å²) < 4.78 is 0. The SMILES string of the molecule is Cc1ccc(Nc2ccc(Nc3ccc(C)cc3)c3c2C(=O)c2ccc(Cl)cc2C3=O)cc1. The molecule has 0 saturated heterocycles. The number of nitrogens with one attached hydrogen (secondary N) is 2. The molecule has 0 amide bonds. The van der Waals surface area contributed by atoms with Crippen LogP contribution in [0.25, 0.3) is 0 Å². The number of hydrogen-bond acceptors (Lipinski definition) is 4. The Balaban J connectivity index is 1.67. The molecule has 4 aromatic carbocycles. The zero-order valence-electron chi connectivity index (χ0n) is 18.2. The van der Waals surface area contributed by atoms with E-state index in [1.165, 1.54) is 0 Å². The van der Waals surface area contributed by atoms with E-state index >= 15 is 0 Å². The lowest BCUT2D eigenvalue weighted by atomic mass is 9.82. The van der Waals surface area contributed by atoms with Crippen molar-refractivity contribution < 1.29 is 9.59 Å². The second kappa shape index (κ2) is 8.23. The Hall–Kier alpha value is -3.89. The van der Waals surface area contributed by atoms with Gasteiger partial charge in [-0.1, -0.05) is 47.0 Å². The summed E-state index contributed by atoms with van der Waals surface area (Å²) in [6.45, 7) is 4.03. The fraction of sp³-hybridized carbons (Fsp3) is 0.0714. The van der Waals surface area contributed by atoms with Gasteiger partial charge in [0.05, 0.1) is 22.5 Å². The van der Waals surface area contributed by atoms with Gasteiger partial charge in [0.25, 0.3) is 0 Å². The molecule has 5 rings (SSSR count). The maximum atomic E-state index is 13.6. The van der Waals surface area contributed by atoms with Crippen LogP contribution in [0.15, 0.2) is 78.9 Å². The Labute approximate surface area is 197 Å². The lowest BCUT2D eigenvalue weighted by Gasteiger charge is -2.24. The largest absolute Gasteiger partial charge is 0.355 e. The minimum Gasteiger partial charge on any atom is -0.355 e. The normalized spacial score (nSPS) is 12.2. The summed E-state index contributed by atoms with van der Waals surface area (Å²) in [5, 5.41) is 7.06. The molecule has 0 aromatic heterocycles. The first-order chi connectivity index (χ1) is 15.9. The molecule has 1 aliphatic rings. The molecule has 0 fully saturated rings. The van der Waals surface area contributed by atoms with Gasteiger partial charge in [0.1, 0.15) is 0 Å². The Morgan fingerprint density at radius 3 is 1.52 bits per heavy atom. The summed E-state index contributed by atoms with van der Waals surface area (Å²) in [4.78, 5) is 27.3. The molecular formula is C28H21ClN2O2. The number of anilines is 4. The Kier molecular flexibility index (Phi) is 5.23. The minimum atomic E-state index is -0.232. The number of benzene rings is 4. The van der Waals surface area contributed by atoms with Crippen molar-refractivity contribution in [1.82, 2.24) is 0 Å². The first-order valence-corrected chi connectivity index (χ1v) is 11.0. The molecule has 5 heteroatoms. The van der Waals surface area contributed by atoms with Gasteiger partial charge in [-0.15, -0.1) is 0 Å². The van der Waals surface area contributed by atoms with Crippen LogP contribution in [0, 0.1) is 13.8 Å². The number of hydrogen-bond donors (Lipinski definition) is 2. The first-order valence-electron chi connectivity index (χ1n) is 10.6. The topological polar surface area (TPSA) is 58.2 Å². The molecule has 0 bridgehead atoms.